The van der Waals surface area contributed by atoms with Crippen LogP contribution in [-0.4, -0.2) is 18.7 Å². The number of rotatable bonds is 3. The molecule has 1 fully saturated rings. The number of esters is 1. The number of hydrogen-bond acceptors (Lipinski definition) is 4. The van der Waals surface area contributed by atoms with Crippen molar-refractivity contribution in [3.05, 3.63) is 54.1 Å². The van der Waals surface area contributed by atoms with Crippen molar-refractivity contribution in [1.82, 2.24) is 0 Å². The quantitative estimate of drug-likeness (QED) is 0.643. The molecule has 110 valence electrons. The molecule has 1 aliphatic rings. The molecule has 22 heavy (non-hydrogen) atoms. The van der Waals surface area contributed by atoms with E-state index < -0.39 is 6.10 Å². The fourth-order valence-electron chi connectivity index (χ4n) is 2.40. The van der Waals surface area contributed by atoms with Crippen molar-refractivity contribution >= 4 is 5.97 Å². The average molecular weight is 293 g/mol. The molecular formula is C18H15NO3. The molecule has 2 aromatic rings. The van der Waals surface area contributed by atoms with Crippen LogP contribution in [0.1, 0.15) is 18.4 Å². The molecule has 0 aliphatic carbocycles. The fraction of sp³-hybridized carbons (Fsp3) is 0.222. The second kappa shape index (κ2) is 6.42. The highest BCUT2D eigenvalue weighted by atomic mass is 16.6. The number of carbonyl (C=O) groups excluding carboxylic acids is 1. The molecule has 0 saturated carbocycles. The van der Waals surface area contributed by atoms with E-state index in [0.717, 1.165) is 24.0 Å². The Morgan fingerprint density at radius 3 is 2.27 bits per heavy atom. The van der Waals surface area contributed by atoms with Crippen molar-refractivity contribution < 1.29 is 14.3 Å². The molecule has 4 nitrogen and oxygen atoms in total. The molecule has 0 spiro atoms. The maximum Gasteiger partial charge on any atom is 0.340 e. The molecule has 0 N–H and O–H groups in total. The minimum atomic E-state index is -0.432. The lowest BCUT2D eigenvalue weighted by atomic mass is 10.0. The van der Waals surface area contributed by atoms with E-state index in [-0.39, 0.29) is 5.97 Å². The van der Waals surface area contributed by atoms with Gasteiger partial charge in [-0.1, -0.05) is 24.3 Å². The molecule has 3 rings (SSSR count). The second-order valence-electron chi connectivity index (χ2n) is 5.14. The van der Waals surface area contributed by atoms with E-state index in [1.807, 2.05) is 24.3 Å². The van der Waals surface area contributed by atoms with Crippen molar-refractivity contribution in [1.29, 1.82) is 5.26 Å². The molecule has 1 heterocycles. The van der Waals surface area contributed by atoms with Crippen LogP contribution in [0.2, 0.25) is 0 Å². The van der Waals surface area contributed by atoms with Crippen LogP contribution in [0.15, 0.2) is 48.5 Å². The standard InChI is InChI=1S/C18H15NO3/c19-12-13-3-5-14(6-4-13)15-7-9-16(10-8-15)22-18(20)17-2-1-11-21-17/h3-10,17H,1-2,11H2. The van der Waals surface area contributed by atoms with Crippen LogP contribution in [-0.2, 0) is 9.53 Å². The normalized spacial score (nSPS) is 17.0. The zero-order valence-electron chi connectivity index (χ0n) is 12.0. The predicted molar refractivity (Wildman–Crippen MR) is 81.2 cm³/mol. The summed E-state index contributed by atoms with van der Waals surface area (Å²) in [5.41, 5.74) is 2.64. The van der Waals surface area contributed by atoms with Gasteiger partial charge < -0.3 is 9.47 Å². The smallest absolute Gasteiger partial charge is 0.340 e. The van der Waals surface area contributed by atoms with E-state index in [9.17, 15) is 4.79 Å². The Labute approximate surface area is 128 Å². The van der Waals surface area contributed by atoms with Crippen molar-refractivity contribution in [3.63, 3.8) is 0 Å². The van der Waals surface area contributed by atoms with E-state index >= 15 is 0 Å². The topological polar surface area (TPSA) is 59.3 Å². The Kier molecular flexibility index (Phi) is 4.17. The fourth-order valence-corrected chi connectivity index (χ4v) is 2.40. The maximum absolute atomic E-state index is 11.9. The summed E-state index contributed by atoms with van der Waals surface area (Å²) in [6.07, 6.45) is 1.19. The van der Waals surface area contributed by atoms with Gasteiger partial charge in [0.1, 0.15) is 5.75 Å². The van der Waals surface area contributed by atoms with Crippen molar-refractivity contribution in [2.75, 3.05) is 6.61 Å². The van der Waals surface area contributed by atoms with E-state index in [2.05, 4.69) is 6.07 Å². The maximum atomic E-state index is 11.9. The zero-order valence-corrected chi connectivity index (χ0v) is 12.0. The zero-order chi connectivity index (χ0) is 15.4. The van der Waals surface area contributed by atoms with E-state index in [1.165, 1.54) is 0 Å². The second-order valence-corrected chi connectivity index (χ2v) is 5.14. The lowest BCUT2D eigenvalue weighted by Crippen LogP contribution is -2.24. The molecule has 1 unspecified atom stereocenters. The average Bonchev–Trinajstić information content (AvgIpc) is 3.10. The van der Waals surface area contributed by atoms with Gasteiger partial charge in [0.15, 0.2) is 6.10 Å². The van der Waals surface area contributed by atoms with Crippen LogP contribution in [0, 0.1) is 11.3 Å². The van der Waals surface area contributed by atoms with Crippen LogP contribution in [0.5, 0.6) is 5.75 Å². The van der Waals surface area contributed by atoms with Crippen molar-refractivity contribution in [2.45, 2.75) is 18.9 Å². The number of nitriles is 1. The molecule has 0 radical (unpaired) electrons. The molecule has 1 atom stereocenters. The van der Waals surface area contributed by atoms with Gasteiger partial charge in [-0.15, -0.1) is 0 Å². The Balaban J connectivity index is 1.69. The largest absolute Gasteiger partial charge is 0.425 e. The van der Waals surface area contributed by atoms with Gasteiger partial charge in [-0.3, -0.25) is 0 Å². The van der Waals surface area contributed by atoms with Crippen LogP contribution in [0.4, 0.5) is 0 Å². The van der Waals surface area contributed by atoms with Crippen LogP contribution < -0.4 is 4.74 Å². The number of hydrogen-bond donors (Lipinski definition) is 0. The summed E-state index contributed by atoms with van der Waals surface area (Å²) in [5, 5.41) is 8.80. The Morgan fingerprint density at radius 1 is 1.09 bits per heavy atom. The summed E-state index contributed by atoms with van der Waals surface area (Å²) < 4.78 is 10.6. The van der Waals surface area contributed by atoms with Crippen LogP contribution in [0.3, 0.4) is 0 Å². The van der Waals surface area contributed by atoms with Crippen molar-refractivity contribution in [2.24, 2.45) is 0 Å². The molecule has 4 heteroatoms. The van der Waals surface area contributed by atoms with E-state index in [1.54, 1.807) is 24.3 Å². The lowest BCUT2D eigenvalue weighted by Gasteiger charge is -2.10. The first-order valence-electron chi connectivity index (χ1n) is 7.20. The lowest BCUT2D eigenvalue weighted by molar-refractivity contribution is -0.144. The number of benzene rings is 2. The summed E-state index contributed by atoms with van der Waals surface area (Å²) >= 11 is 0. The first-order valence-corrected chi connectivity index (χ1v) is 7.20. The molecule has 2 aromatic carbocycles. The van der Waals surface area contributed by atoms with Gasteiger partial charge in [-0.25, -0.2) is 4.79 Å². The van der Waals surface area contributed by atoms with E-state index in [0.29, 0.717) is 17.9 Å². The SMILES string of the molecule is N#Cc1ccc(-c2ccc(OC(=O)C3CCCO3)cc2)cc1. The van der Waals surface area contributed by atoms with E-state index in [4.69, 9.17) is 14.7 Å². The summed E-state index contributed by atoms with van der Waals surface area (Å²) in [4.78, 5) is 11.9. The number of nitrogens with zero attached hydrogens (tertiary/aromatic N) is 1. The first-order chi connectivity index (χ1) is 10.8. The van der Waals surface area contributed by atoms with Gasteiger partial charge in [0.05, 0.1) is 11.6 Å². The molecule has 0 amide bonds. The summed E-state index contributed by atoms with van der Waals surface area (Å²) in [6, 6.07) is 16.7. The van der Waals surface area contributed by atoms with Crippen LogP contribution in [0.25, 0.3) is 11.1 Å². The minimum Gasteiger partial charge on any atom is -0.425 e. The number of ether oxygens (including phenoxy) is 2. The Hall–Kier alpha value is -2.64. The highest BCUT2D eigenvalue weighted by Gasteiger charge is 2.25. The highest BCUT2D eigenvalue weighted by molar-refractivity contribution is 5.77. The molecule has 1 saturated heterocycles. The Morgan fingerprint density at radius 2 is 1.73 bits per heavy atom. The third-order valence-corrected chi connectivity index (χ3v) is 3.61. The van der Waals surface area contributed by atoms with Gasteiger partial charge >= 0.3 is 5.97 Å². The highest BCUT2D eigenvalue weighted by Crippen LogP contribution is 2.23. The molecule has 0 aromatic heterocycles. The third-order valence-electron chi connectivity index (χ3n) is 3.61. The summed E-state index contributed by atoms with van der Waals surface area (Å²) in [7, 11) is 0. The van der Waals surface area contributed by atoms with Gasteiger partial charge in [-0.05, 0) is 48.2 Å². The van der Waals surface area contributed by atoms with Crippen LogP contribution >= 0.6 is 0 Å². The first kappa shape index (κ1) is 14.3. The number of carbonyl (C=O) groups is 1. The summed E-state index contributed by atoms with van der Waals surface area (Å²) in [5.74, 6) is 0.182. The monoisotopic (exact) mass is 293 g/mol. The minimum absolute atomic E-state index is 0.330. The molecular weight excluding hydrogens is 278 g/mol. The van der Waals surface area contributed by atoms with Gasteiger partial charge in [-0.2, -0.15) is 5.26 Å². The third kappa shape index (κ3) is 3.16. The van der Waals surface area contributed by atoms with Crippen molar-refractivity contribution in [3.8, 4) is 22.9 Å². The Bertz CT molecular complexity index is 693. The summed E-state index contributed by atoms with van der Waals surface area (Å²) in [6.45, 7) is 0.622. The predicted octanol–water partition coefficient (Wildman–Crippen LogP) is 3.31. The van der Waals surface area contributed by atoms with Gasteiger partial charge in [0, 0.05) is 6.61 Å². The molecule has 0 bridgehead atoms. The van der Waals surface area contributed by atoms with Gasteiger partial charge in [0.2, 0.25) is 0 Å². The molecule has 1 aliphatic heterocycles. The van der Waals surface area contributed by atoms with Gasteiger partial charge in [0.25, 0.3) is 0 Å².